The highest BCUT2D eigenvalue weighted by atomic mass is 79.9. The molecular formula is C15H23BrFNO. The predicted molar refractivity (Wildman–Crippen MR) is 80.6 cm³/mol. The maximum atomic E-state index is 13.3. The summed E-state index contributed by atoms with van der Waals surface area (Å²) in [6.07, 6.45) is 0.521. The van der Waals surface area contributed by atoms with Gasteiger partial charge < -0.3 is 10.5 Å². The van der Waals surface area contributed by atoms with Crippen LogP contribution in [0.3, 0.4) is 0 Å². The van der Waals surface area contributed by atoms with Gasteiger partial charge in [-0.1, -0.05) is 36.7 Å². The average molecular weight is 332 g/mol. The van der Waals surface area contributed by atoms with Crippen LogP contribution in [0.5, 0.6) is 0 Å². The summed E-state index contributed by atoms with van der Waals surface area (Å²) in [4.78, 5) is 0. The van der Waals surface area contributed by atoms with Crippen molar-refractivity contribution in [2.45, 2.75) is 46.3 Å². The topological polar surface area (TPSA) is 35.2 Å². The summed E-state index contributed by atoms with van der Waals surface area (Å²) in [6.45, 7) is 8.90. The van der Waals surface area contributed by atoms with E-state index in [0.717, 1.165) is 10.0 Å². The van der Waals surface area contributed by atoms with E-state index >= 15 is 0 Å². The molecule has 108 valence electrons. The van der Waals surface area contributed by atoms with Crippen LogP contribution in [-0.4, -0.2) is 18.8 Å². The molecule has 1 rings (SSSR count). The summed E-state index contributed by atoms with van der Waals surface area (Å²) in [5, 5.41) is 0. The van der Waals surface area contributed by atoms with Gasteiger partial charge in [-0.3, -0.25) is 0 Å². The smallest absolute Gasteiger partial charge is 0.123 e. The Bertz CT molecular complexity index is 417. The monoisotopic (exact) mass is 331 g/mol. The van der Waals surface area contributed by atoms with Gasteiger partial charge in [-0.05, 0) is 42.5 Å². The number of hydrogen-bond acceptors (Lipinski definition) is 2. The molecule has 2 N–H and O–H groups in total. The fraction of sp³-hybridized carbons (Fsp3) is 0.600. The largest absolute Gasteiger partial charge is 0.376 e. The van der Waals surface area contributed by atoms with E-state index in [2.05, 4.69) is 36.7 Å². The molecule has 0 aromatic heterocycles. The van der Waals surface area contributed by atoms with Crippen LogP contribution in [0.2, 0.25) is 0 Å². The molecule has 2 nitrogen and oxygen atoms in total. The number of ether oxygens (including phenoxy) is 1. The molecule has 4 heteroatoms. The lowest BCUT2D eigenvalue weighted by Gasteiger charge is -2.35. The molecule has 0 radical (unpaired) electrons. The van der Waals surface area contributed by atoms with Gasteiger partial charge in [0.1, 0.15) is 5.82 Å². The van der Waals surface area contributed by atoms with Crippen LogP contribution in [0, 0.1) is 11.2 Å². The van der Waals surface area contributed by atoms with Gasteiger partial charge in [0.25, 0.3) is 0 Å². The molecule has 0 bridgehead atoms. The molecule has 2 unspecified atom stereocenters. The van der Waals surface area contributed by atoms with Crippen molar-refractivity contribution >= 4 is 15.9 Å². The summed E-state index contributed by atoms with van der Waals surface area (Å²) in [5.74, 6) is -0.242. The van der Waals surface area contributed by atoms with Crippen molar-refractivity contribution in [3.63, 3.8) is 0 Å². The second-order valence-corrected chi connectivity index (χ2v) is 6.70. The third-order valence-corrected chi connectivity index (χ3v) is 3.83. The highest BCUT2D eigenvalue weighted by molar-refractivity contribution is 9.10. The lowest BCUT2D eigenvalue weighted by molar-refractivity contribution is -0.0274. The van der Waals surface area contributed by atoms with Crippen LogP contribution in [0.15, 0.2) is 22.7 Å². The summed E-state index contributed by atoms with van der Waals surface area (Å²) >= 11 is 3.43. The maximum absolute atomic E-state index is 13.3. The van der Waals surface area contributed by atoms with E-state index in [1.165, 1.54) is 12.1 Å². The number of rotatable bonds is 5. The van der Waals surface area contributed by atoms with Crippen LogP contribution in [0.1, 0.15) is 33.3 Å². The molecule has 0 amide bonds. The lowest BCUT2D eigenvalue weighted by atomic mass is 9.82. The van der Waals surface area contributed by atoms with Crippen molar-refractivity contribution in [3.05, 3.63) is 34.1 Å². The van der Waals surface area contributed by atoms with Gasteiger partial charge in [-0.15, -0.1) is 0 Å². The highest BCUT2D eigenvalue weighted by Crippen LogP contribution is 2.27. The zero-order valence-corrected chi connectivity index (χ0v) is 13.6. The predicted octanol–water partition coefficient (Wildman–Crippen LogP) is 3.91. The molecule has 0 spiro atoms. The molecule has 0 aliphatic carbocycles. The van der Waals surface area contributed by atoms with Gasteiger partial charge in [0.2, 0.25) is 0 Å². The second kappa shape index (κ2) is 6.82. The fourth-order valence-electron chi connectivity index (χ4n) is 2.26. The minimum atomic E-state index is -0.242. The third-order valence-electron chi connectivity index (χ3n) is 3.05. The number of hydrogen-bond donors (Lipinski definition) is 1. The molecule has 1 aromatic rings. The maximum Gasteiger partial charge on any atom is 0.123 e. The molecule has 2 atom stereocenters. The standard InChI is InChI=1S/C15H23BrFNO/c1-5-19-14(15(2,3)4)13(18)9-10-8-11(17)6-7-12(10)16/h6-8,13-14H,5,9,18H2,1-4H3. The first-order chi connectivity index (χ1) is 8.75. The van der Waals surface area contributed by atoms with Crippen LogP contribution in [-0.2, 0) is 11.2 Å². The summed E-state index contributed by atoms with van der Waals surface area (Å²) in [5.41, 5.74) is 7.10. The van der Waals surface area contributed by atoms with Gasteiger partial charge in [-0.25, -0.2) is 4.39 Å². The summed E-state index contributed by atoms with van der Waals surface area (Å²) < 4.78 is 19.9. The van der Waals surface area contributed by atoms with Gasteiger partial charge in [-0.2, -0.15) is 0 Å². The van der Waals surface area contributed by atoms with Crippen molar-refractivity contribution in [1.82, 2.24) is 0 Å². The number of nitrogens with two attached hydrogens (primary N) is 1. The summed E-state index contributed by atoms with van der Waals surface area (Å²) in [7, 11) is 0. The third kappa shape index (κ3) is 4.86. The van der Waals surface area contributed by atoms with Crippen LogP contribution >= 0.6 is 15.9 Å². The van der Waals surface area contributed by atoms with Crippen molar-refractivity contribution in [2.24, 2.45) is 11.1 Å². The first kappa shape index (κ1) is 16.6. The molecule has 0 aliphatic rings. The van der Waals surface area contributed by atoms with Crippen LogP contribution < -0.4 is 5.73 Å². The second-order valence-electron chi connectivity index (χ2n) is 5.85. The Morgan fingerprint density at radius 1 is 1.37 bits per heavy atom. The molecule has 0 saturated carbocycles. The van der Waals surface area contributed by atoms with Gasteiger partial charge in [0.15, 0.2) is 0 Å². The van der Waals surface area contributed by atoms with Crippen molar-refractivity contribution in [2.75, 3.05) is 6.61 Å². The highest BCUT2D eigenvalue weighted by Gasteiger charge is 2.31. The Morgan fingerprint density at radius 3 is 2.53 bits per heavy atom. The van der Waals surface area contributed by atoms with Crippen molar-refractivity contribution in [1.29, 1.82) is 0 Å². The Kier molecular flexibility index (Phi) is 5.96. The Labute approximate surface area is 123 Å². The van der Waals surface area contributed by atoms with Crippen molar-refractivity contribution in [3.8, 4) is 0 Å². The minimum Gasteiger partial charge on any atom is -0.376 e. The first-order valence-electron chi connectivity index (χ1n) is 6.56. The lowest BCUT2D eigenvalue weighted by Crippen LogP contribution is -2.46. The van der Waals surface area contributed by atoms with Crippen molar-refractivity contribution < 1.29 is 9.13 Å². The molecule has 1 aromatic carbocycles. The molecule has 0 fully saturated rings. The SMILES string of the molecule is CCOC(C(N)Cc1cc(F)ccc1Br)C(C)(C)C. The molecule has 19 heavy (non-hydrogen) atoms. The van der Waals surface area contributed by atoms with Gasteiger partial charge in [0, 0.05) is 17.1 Å². The average Bonchev–Trinajstić information content (AvgIpc) is 2.29. The van der Waals surface area contributed by atoms with E-state index in [9.17, 15) is 4.39 Å². The normalized spacial score (nSPS) is 15.3. The van der Waals surface area contributed by atoms with Gasteiger partial charge >= 0.3 is 0 Å². The fourth-order valence-corrected chi connectivity index (χ4v) is 2.66. The molecular weight excluding hydrogens is 309 g/mol. The van der Waals surface area contributed by atoms with Gasteiger partial charge in [0.05, 0.1) is 6.10 Å². The zero-order chi connectivity index (χ0) is 14.6. The quantitative estimate of drug-likeness (QED) is 0.887. The molecule has 0 aliphatic heterocycles. The van der Waals surface area contributed by atoms with E-state index in [0.29, 0.717) is 13.0 Å². The van der Waals surface area contributed by atoms with E-state index in [1.807, 2.05) is 6.92 Å². The van der Waals surface area contributed by atoms with E-state index in [-0.39, 0.29) is 23.4 Å². The number of benzene rings is 1. The Morgan fingerprint density at radius 2 is 2.00 bits per heavy atom. The summed E-state index contributed by atoms with van der Waals surface area (Å²) in [6, 6.07) is 4.50. The van der Waals surface area contributed by atoms with E-state index in [4.69, 9.17) is 10.5 Å². The zero-order valence-electron chi connectivity index (χ0n) is 12.0. The molecule has 0 saturated heterocycles. The van der Waals surface area contributed by atoms with E-state index < -0.39 is 0 Å². The Balaban J connectivity index is 2.87. The van der Waals surface area contributed by atoms with Crippen LogP contribution in [0.25, 0.3) is 0 Å². The van der Waals surface area contributed by atoms with Crippen LogP contribution in [0.4, 0.5) is 4.39 Å². The van der Waals surface area contributed by atoms with E-state index in [1.54, 1.807) is 6.07 Å². The molecule has 0 heterocycles. The number of halogens is 2. The Hall–Kier alpha value is -0.450. The first-order valence-corrected chi connectivity index (χ1v) is 7.36. The minimum absolute atomic E-state index is 0.0464.